The van der Waals surface area contributed by atoms with Crippen LogP contribution in [-0.4, -0.2) is 7.12 Å². The van der Waals surface area contributed by atoms with Crippen LogP contribution in [0.1, 0.15) is 0 Å². The fourth-order valence-corrected chi connectivity index (χ4v) is 0. The van der Waals surface area contributed by atoms with Gasteiger partial charge in [-0.15, -0.1) is 0 Å². The quantitative estimate of drug-likeness (QED) is 0.295. The van der Waals surface area contributed by atoms with E-state index in [0.29, 0.717) is 0 Å². The summed E-state index contributed by atoms with van der Waals surface area (Å²) in [5, 5.41) is 0. The molecule has 0 rings (SSSR count). The molecule has 0 atom stereocenters. The molecular formula is BOS2-. The largest absolute Gasteiger partial charge is 0.458 e. The van der Waals surface area contributed by atoms with Gasteiger partial charge in [0.25, 0.3) is 0 Å². The summed E-state index contributed by atoms with van der Waals surface area (Å²) in [5.41, 5.74) is 0. The first-order chi connectivity index (χ1) is 1.73. The Morgan fingerprint density at radius 1 is 2.00 bits per heavy atom. The Hall–Kier alpha value is 0.435. The molecule has 0 aromatic carbocycles. The second-order valence-corrected chi connectivity index (χ2v) is 1.77. The molecule has 0 N–H and O–H groups in total. The number of rotatable bonds is 0. The van der Waals surface area contributed by atoms with Crippen molar-refractivity contribution in [3.05, 3.63) is 0 Å². The molecule has 0 saturated heterocycles. The van der Waals surface area contributed by atoms with Crippen molar-refractivity contribution in [2.45, 2.75) is 0 Å². The third kappa shape index (κ3) is 26.5. The van der Waals surface area contributed by atoms with Crippen LogP contribution in [0.5, 0.6) is 0 Å². The molecule has 0 fully saturated rings. The van der Waals surface area contributed by atoms with Crippen LogP contribution in [0, 0.1) is 0 Å². The second kappa shape index (κ2) is 1.73. The molecule has 0 unspecified atom stereocenters. The van der Waals surface area contributed by atoms with Crippen LogP contribution in [0.15, 0.2) is 0 Å². The van der Waals surface area contributed by atoms with Crippen LogP contribution in [0.4, 0.5) is 0 Å². The molecule has 1 nitrogen and oxygen atoms in total. The lowest BCUT2D eigenvalue weighted by Crippen LogP contribution is -1.54. The number of hydrogen-bond acceptors (Lipinski definition) is 3. The van der Waals surface area contributed by atoms with E-state index in [4.69, 9.17) is 4.21 Å². The molecule has 0 aromatic heterocycles. The van der Waals surface area contributed by atoms with Crippen LogP contribution in [0.25, 0.3) is 0 Å². The van der Waals surface area contributed by atoms with Crippen molar-refractivity contribution in [2.75, 3.05) is 0 Å². The Kier molecular flexibility index (Phi) is 1.91. The molecule has 0 bridgehead atoms. The third-order valence-electron chi connectivity index (χ3n) is 0. The van der Waals surface area contributed by atoms with Gasteiger partial charge >= 0.3 is 0 Å². The van der Waals surface area contributed by atoms with E-state index in [1.54, 1.807) is 0 Å². The molecule has 2 radical (unpaired) electrons. The average molecular weight is 90.9 g/mol. The lowest BCUT2D eigenvalue weighted by atomic mass is 10.8. The highest BCUT2D eigenvalue weighted by molar-refractivity contribution is 8.33. The van der Waals surface area contributed by atoms with Gasteiger partial charge in [-0.05, 0) is 7.12 Å². The van der Waals surface area contributed by atoms with Gasteiger partial charge in [0.15, 0.2) is 0 Å². The van der Waals surface area contributed by atoms with Crippen molar-refractivity contribution in [2.24, 2.45) is 0 Å². The maximum Gasteiger partial charge on any atom is -0.0432 e. The third-order valence-corrected chi connectivity index (χ3v) is 0. The first kappa shape index (κ1) is 4.43. The maximum atomic E-state index is 9.15. The van der Waals surface area contributed by atoms with E-state index in [9.17, 15) is 0 Å². The van der Waals surface area contributed by atoms with Crippen molar-refractivity contribution < 1.29 is 4.21 Å². The zero-order valence-corrected chi connectivity index (χ0v) is 3.44. The van der Waals surface area contributed by atoms with Crippen molar-refractivity contribution in [3.8, 4) is 0 Å². The molecule has 0 aliphatic rings. The van der Waals surface area contributed by atoms with E-state index < -0.39 is 9.21 Å². The fraction of sp³-hybridized carbons (Fsp3) is 0. The van der Waals surface area contributed by atoms with Crippen molar-refractivity contribution in [3.63, 3.8) is 0 Å². The Morgan fingerprint density at radius 3 is 2.00 bits per heavy atom. The van der Waals surface area contributed by atoms with Gasteiger partial charge in [0.1, 0.15) is 0 Å². The highest BCUT2D eigenvalue weighted by Crippen LogP contribution is 1.32. The molecule has 0 aliphatic carbocycles. The zero-order valence-electron chi connectivity index (χ0n) is 1.80. The fourth-order valence-electron chi connectivity index (χ4n) is 0. The summed E-state index contributed by atoms with van der Waals surface area (Å²) < 4.78 is 9.15. The van der Waals surface area contributed by atoms with Crippen LogP contribution in [0.3, 0.4) is 0 Å². The predicted octanol–water partition coefficient (Wildman–Crippen LogP) is -0.504. The van der Waals surface area contributed by atoms with E-state index >= 15 is 0 Å². The predicted molar refractivity (Wildman–Crippen MR) is 21.2 cm³/mol. The molecule has 0 aromatic rings. The van der Waals surface area contributed by atoms with Crippen LogP contribution in [-0.2, 0) is 24.6 Å². The minimum atomic E-state index is -1.53. The monoisotopic (exact) mass is 90.9 g/mol. The Morgan fingerprint density at radius 2 is 2.00 bits per heavy atom. The minimum absolute atomic E-state index is 1.53. The van der Waals surface area contributed by atoms with Crippen LogP contribution >= 0.6 is 0 Å². The van der Waals surface area contributed by atoms with Crippen LogP contribution < -0.4 is 0 Å². The van der Waals surface area contributed by atoms with Gasteiger partial charge in [0, 0.05) is 0 Å². The summed E-state index contributed by atoms with van der Waals surface area (Å²) in [4.78, 5) is 0. The lowest BCUT2D eigenvalue weighted by molar-refractivity contribution is 0.609. The SMILES string of the molecule is [B][S-](=O)=S. The normalized spacial score (nSPS) is 8.25. The molecule has 0 amide bonds. The summed E-state index contributed by atoms with van der Waals surface area (Å²) >= 11 is 3.87. The van der Waals surface area contributed by atoms with Gasteiger partial charge in [0.2, 0.25) is 0 Å². The van der Waals surface area contributed by atoms with Crippen molar-refractivity contribution in [1.82, 2.24) is 0 Å². The number of hydrogen-bond donors (Lipinski definition) is 0. The van der Waals surface area contributed by atoms with Crippen molar-refractivity contribution in [1.29, 1.82) is 0 Å². The first-order valence-corrected chi connectivity index (χ1v) is 2.71. The van der Waals surface area contributed by atoms with Gasteiger partial charge in [0.05, 0.1) is 0 Å². The molecule has 0 spiro atoms. The summed E-state index contributed by atoms with van der Waals surface area (Å²) in [6.45, 7) is 0. The van der Waals surface area contributed by atoms with E-state index in [1.165, 1.54) is 0 Å². The van der Waals surface area contributed by atoms with Gasteiger partial charge in [-0.25, -0.2) is 11.2 Å². The lowest BCUT2D eigenvalue weighted by Gasteiger charge is -1.65. The summed E-state index contributed by atoms with van der Waals surface area (Å²) in [5.74, 6) is 0. The first-order valence-electron chi connectivity index (χ1n) is 0.569. The smallest absolute Gasteiger partial charge is 0.0432 e. The van der Waals surface area contributed by atoms with E-state index in [1.807, 2.05) is 0 Å². The summed E-state index contributed by atoms with van der Waals surface area (Å²) in [6, 6.07) is 0. The summed E-state index contributed by atoms with van der Waals surface area (Å²) in [6.07, 6.45) is 0. The van der Waals surface area contributed by atoms with Crippen LogP contribution in [0.2, 0.25) is 0 Å². The average Bonchev–Trinajstić information content (AvgIpc) is 0.811. The summed E-state index contributed by atoms with van der Waals surface area (Å²) in [7, 11) is 2.87. The molecule has 4 heavy (non-hydrogen) atoms. The molecule has 0 saturated carbocycles. The Bertz CT molecular complexity index is 54.4. The Balaban J connectivity index is 3.51. The van der Waals surface area contributed by atoms with E-state index in [2.05, 4.69) is 18.3 Å². The molecule has 22 valence electrons. The molecule has 4 heteroatoms. The van der Waals surface area contributed by atoms with E-state index in [0.717, 1.165) is 0 Å². The van der Waals surface area contributed by atoms with Gasteiger partial charge < -0.3 is 4.21 Å². The van der Waals surface area contributed by atoms with Gasteiger partial charge in [-0.1, -0.05) is 0 Å². The van der Waals surface area contributed by atoms with Crippen molar-refractivity contribution >= 4 is 27.5 Å². The zero-order chi connectivity index (χ0) is 3.58. The molecule has 0 heterocycles. The van der Waals surface area contributed by atoms with Gasteiger partial charge in [-0.2, -0.15) is 0 Å². The molecule has 0 aliphatic heterocycles. The Labute approximate surface area is 32.4 Å². The highest BCUT2D eigenvalue weighted by atomic mass is 32.8. The standard InChI is InChI=1S/BOS2/c1-4(2)3/q-1. The topological polar surface area (TPSA) is 17.1 Å². The van der Waals surface area contributed by atoms with Gasteiger partial charge in [-0.3, -0.25) is 9.21 Å². The minimum Gasteiger partial charge on any atom is -0.458 e. The molecular weight excluding hydrogens is 90.9 g/mol. The van der Waals surface area contributed by atoms with E-state index in [-0.39, 0.29) is 0 Å². The second-order valence-electron chi connectivity index (χ2n) is 0.260. The highest BCUT2D eigenvalue weighted by Gasteiger charge is 1.20. The maximum absolute atomic E-state index is 9.15.